The number of aryl methyl sites for hydroxylation is 2. The standard InChI is InChI=1S/C17H14F3N3O2/c1-9-7-13(15-22-16(24)25-23-15)14(21-10(9)2)8-11-3-5-12(6-4-11)17(18,19)20/h3-7H,8H2,1-2H3,(H,22,23,24). The van der Waals surface area contributed by atoms with Gasteiger partial charge in [0.25, 0.3) is 0 Å². The number of hydrogen-bond acceptors (Lipinski definition) is 4. The van der Waals surface area contributed by atoms with E-state index in [1.54, 1.807) is 0 Å². The highest BCUT2D eigenvalue weighted by atomic mass is 19.4. The van der Waals surface area contributed by atoms with E-state index in [0.717, 1.165) is 23.4 Å². The van der Waals surface area contributed by atoms with Gasteiger partial charge < -0.3 is 0 Å². The van der Waals surface area contributed by atoms with E-state index in [-0.39, 0.29) is 5.82 Å². The Labute approximate surface area is 140 Å². The average molecular weight is 349 g/mol. The van der Waals surface area contributed by atoms with Crippen LogP contribution < -0.4 is 5.76 Å². The number of pyridine rings is 1. The Morgan fingerprint density at radius 2 is 1.84 bits per heavy atom. The van der Waals surface area contributed by atoms with E-state index in [1.807, 2.05) is 19.9 Å². The van der Waals surface area contributed by atoms with Crippen molar-refractivity contribution >= 4 is 0 Å². The van der Waals surface area contributed by atoms with Gasteiger partial charge in [0, 0.05) is 17.7 Å². The lowest BCUT2D eigenvalue weighted by molar-refractivity contribution is -0.137. The Morgan fingerprint density at radius 1 is 1.16 bits per heavy atom. The van der Waals surface area contributed by atoms with E-state index in [9.17, 15) is 18.0 Å². The summed E-state index contributed by atoms with van der Waals surface area (Å²) in [6.07, 6.45) is -4.08. The summed E-state index contributed by atoms with van der Waals surface area (Å²) in [6.45, 7) is 3.70. The second-order valence-corrected chi connectivity index (χ2v) is 5.70. The minimum absolute atomic E-state index is 0.238. The minimum atomic E-state index is -4.37. The van der Waals surface area contributed by atoms with Crippen LogP contribution in [0.25, 0.3) is 11.4 Å². The minimum Gasteiger partial charge on any atom is -0.296 e. The summed E-state index contributed by atoms with van der Waals surface area (Å²) in [5, 5.41) is 3.67. The molecule has 0 unspecified atom stereocenters. The van der Waals surface area contributed by atoms with E-state index >= 15 is 0 Å². The Kier molecular flexibility index (Phi) is 4.20. The molecule has 130 valence electrons. The topological polar surface area (TPSA) is 71.8 Å². The molecule has 2 aromatic heterocycles. The largest absolute Gasteiger partial charge is 0.439 e. The van der Waals surface area contributed by atoms with Gasteiger partial charge in [0.2, 0.25) is 0 Å². The van der Waals surface area contributed by atoms with Crippen molar-refractivity contribution in [2.75, 3.05) is 0 Å². The van der Waals surface area contributed by atoms with Crippen molar-refractivity contribution in [3.63, 3.8) is 0 Å². The first-order chi connectivity index (χ1) is 11.7. The summed E-state index contributed by atoms with van der Waals surface area (Å²) in [7, 11) is 0. The van der Waals surface area contributed by atoms with Gasteiger partial charge in [-0.25, -0.2) is 4.79 Å². The molecule has 0 aliphatic carbocycles. The highest BCUT2D eigenvalue weighted by molar-refractivity contribution is 5.60. The number of rotatable bonds is 3. The number of aromatic amines is 1. The van der Waals surface area contributed by atoms with Crippen LogP contribution in [0.3, 0.4) is 0 Å². The first-order valence-electron chi connectivity index (χ1n) is 7.43. The fraction of sp³-hybridized carbons (Fsp3) is 0.235. The Balaban J connectivity index is 1.99. The van der Waals surface area contributed by atoms with Crippen molar-refractivity contribution < 1.29 is 17.7 Å². The van der Waals surface area contributed by atoms with Crippen molar-refractivity contribution in [3.8, 4) is 11.4 Å². The summed E-state index contributed by atoms with van der Waals surface area (Å²) in [5.41, 5.74) is 2.81. The van der Waals surface area contributed by atoms with Gasteiger partial charge in [-0.1, -0.05) is 17.3 Å². The monoisotopic (exact) mass is 349 g/mol. The molecule has 8 heteroatoms. The zero-order chi connectivity index (χ0) is 18.2. The maximum absolute atomic E-state index is 12.7. The van der Waals surface area contributed by atoms with Crippen LogP contribution in [-0.2, 0) is 12.6 Å². The summed E-state index contributed by atoms with van der Waals surface area (Å²) < 4.78 is 42.5. The fourth-order valence-corrected chi connectivity index (χ4v) is 2.45. The van der Waals surface area contributed by atoms with Crippen LogP contribution in [0, 0.1) is 13.8 Å². The number of halogens is 3. The molecule has 0 saturated carbocycles. The van der Waals surface area contributed by atoms with Gasteiger partial charge in [0.15, 0.2) is 5.82 Å². The van der Waals surface area contributed by atoms with Crippen LogP contribution in [0.4, 0.5) is 13.2 Å². The molecule has 0 spiro atoms. The lowest BCUT2D eigenvalue weighted by atomic mass is 10.0. The number of hydrogen-bond donors (Lipinski definition) is 1. The van der Waals surface area contributed by atoms with Gasteiger partial charge in [-0.15, -0.1) is 0 Å². The number of H-pyrrole nitrogens is 1. The third-order valence-electron chi connectivity index (χ3n) is 3.89. The van der Waals surface area contributed by atoms with Crippen LogP contribution in [-0.4, -0.2) is 15.1 Å². The maximum Gasteiger partial charge on any atom is 0.439 e. The lowest BCUT2D eigenvalue weighted by Crippen LogP contribution is -2.05. The van der Waals surface area contributed by atoms with E-state index in [4.69, 9.17) is 0 Å². The molecule has 0 radical (unpaired) electrons. The number of aromatic nitrogens is 3. The highest BCUT2D eigenvalue weighted by Gasteiger charge is 2.30. The fourth-order valence-electron chi connectivity index (χ4n) is 2.45. The van der Waals surface area contributed by atoms with Crippen molar-refractivity contribution in [1.82, 2.24) is 15.1 Å². The highest BCUT2D eigenvalue weighted by Crippen LogP contribution is 2.30. The predicted molar refractivity (Wildman–Crippen MR) is 84.1 cm³/mol. The van der Waals surface area contributed by atoms with Gasteiger partial charge in [-0.05, 0) is 43.2 Å². The molecule has 2 heterocycles. The average Bonchev–Trinajstić information content (AvgIpc) is 2.96. The lowest BCUT2D eigenvalue weighted by Gasteiger charge is -2.11. The van der Waals surface area contributed by atoms with Crippen LogP contribution in [0.2, 0.25) is 0 Å². The predicted octanol–water partition coefficient (Wildman–Crippen LogP) is 3.65. The zero-order valence-corrected chi connectivity index (χ0v) is 13.4. The molecule has 0 fully saturated rings. The molecule has 25 heavy (non-hydrogen) atoms. The molecule has 0 atom stereocenters. The number of alkyl halides is 3. The summed E-state index contributed by atoms with van der Waals surface area (Å²) >= 11 is 0. The normalized spacial score (nSPS) is 11.7. The number of nitrogens with one attached hydrogen (secondary N) is 1. The third-order valence-corrected chi connectivity index (χ3v) is 3.89. The maximum atomic E-state index is 12.7. The van der Waals surface area contributed by atoms with Crippen LogP contribution in [0.1, 0.15) is 28.1 Å². The van der Waals surface area contributed by atoms with E-state index in [2.05, 4.69) is 19.6 Å². The van der Waals surface area contributed by atoms with Crippen molar-refractivity contribution in [2.24, 2.45) is 0 Å². The first-order valence-corrected chi connectivity index (χ1v) is 7.43. The molecular formula is C17H14F3N3O2. The first kappa shape index (κ1) is 16.9. The molecule has 3 rings (SSSR count). The molecule has 0 amide bonds. The van der Waals surface area contributed by atoms with Gasteiger partial charge in [0.05, 0.1) is 11.3 Å². The van der Waals surface area contributed by atoms with Crippen molar-refractivity contribution in [2.45, 2.75) is 26.4 Å². The van der Waals surface area contributed by atoms with E-state index in [0.29, 0.717) is 23.2 Å². The molecule has 0 aliphatic heterocycles. The molecule has 0 aliphatic rings. The summed E-state index contributed by atoms with van der Waals surface area (Å²) in [6, 6.07) is 6.71. The Morgan fingerprint density at radius 3 is 2.40 bits per heavy atom. The Bertz CT molecular complexity index is 957. The van der Waals surface area contributed by atoms with Crippen LogP contribution in [0.15, 0.2) is 39.6 Å². The number of nitrogens with zero attached hydrogens (tertiary/aromatic N) is 2. The van der Waals surface area contributed by atoms with Gasteiger partial charge in [-0.2, -0.15) is 13.2 Å². The third kappa shape index (κ3) is 3.62. The van der Waals surface area contributed by atoms with E-state index < -0.39 is 17.5 Å². The van der Waals surface area contributed by atoms with Crippen molar-refractivity contribution in [1.29, 1.82) is 0 Å². The molecule has 1 aromatic carbocycles. The van der Waals surface area contributed by atoms with Crippen molar-refractivity contribution in [3.05, 3.63) is 69.0 Å². The molecule has 0 saturated heterocycles. The van der Waals surface area contributed by atoms with E-state index in [1.165, 1.54) is 12.1 Å². The van der Waals surface area contributed by atoms with Crippen LogP contribution in [0.5, 0.6) is 0 Å². The zero-order valence-electron chi connectivity index (χ0n) is 13.4. The second kappa shape index (κ2) is 6.19. The summed E-state index contributed by atoms with van der Waals surface area (Å²) in [5.74, 6) is -0.448. The molecule has 3 aromatic rings. The molecule has 0 bridgehead atoms. The Hall–Kier alpha value is -2.90. The van der Waals surface area contributed by atoms with Crippen LogP contribution >= 0.6 is 0 Å². The van der Waals surface area contributed by atoms with Gasteiger partial charge >= 0.3 is 11.9 Å². The quantitative estimate of drug-likeness (QED) is 0.783. The summed E-state index contributed by atoms with van der Waals surface area (Å²) in [4.78, 5) is 18.2. The molecule has 5 nitrogen and oxygen atoms in total. The molecule has 1 N–H and O–H groups in total. The van der Waals surface area contributed by atoms with Gasteiger partial charge in [0.1, 0.15) is 0 Å². The second-order valence-electron chi connectivity index (χ2n) is 5.70. The van der Waals surface area contributed by atoms with Gasteiger partial charge in [-0.3, -0.25) is 14.5 Å². The molecular weight excluding hydrogens is 335 g/mol. The SMILES string of the molecule is Cc1cc(-c2noc(=O)[nH]2)c(Cc2ccc(C(F)(F)F)cc2)nc1C. The number of benzene rings is 1. The smallest absolute Gasteiger partial charge is 0.296 e.